The Balaban J connectivity index is 0. The van der Waals surface area contributed by atoms with Gasteiger partial charge in [-0.15, -0.1) is 0 Å². The molecule has 0 saturated carbocycles. The average Bonchev–Trinajstić information content (AvgIpc) is 2.20. The molecule has 86 valence electrons. The topological polar surface area (TPSA) is 110 Å². The van der Waals surface area contributed by atoms with E-state index in [1.54, 1.807) is 0 Å². The molecule has 2 N–H and O–H groups in total. The third-order valence-corrected chi connectivity index (χ3v) is 1.83. The quantitative estimate of drug-likeness (QED) is 0.290. The number of nitro groups is 1. The van der Waals surface area contributed by atoms with E-state index >= 15 is 0 Å². The van der Waals surface area contributed by atoms with Crippen molar-refractivity contribution in [2.75, 3.05) is 5.32 Å². The third kappa shape index (κ3) is 4.31. The molecule has 1 rings (SSSR count). The van der Waals surface area contributed by atoms with E-state index in [-0.39, 0.29) is 41.7 Å². The van der Waals surface area contributed by atoms with Crippen molar-refractivity contribution in [1.29, 1.82) is 0 Å². The van der Waals surface area contributed by atoms with Gasteiger partial charge < -0.3 is 11.8 Å². The Bertz CT molecular complexity index is 485. The SMILES string of the molecule is O=C(O)C(=O)Nc1ccc(Cl)cc1[N+](=O)[O-].[H-].[Na+]. The minimum absolute atomic E-state index is 0. The van der Waals surface area contributed by atoms with Crippen molar-refractivity contribution < 1.29 is 50.6 Å². The summed E-state index contributed by atoms with van der Waals surface area (Å²) in [5, 5.41) is 20.9. The normalized spacial score (nSPS) is 9.00. The van der Waals surface area contributed by atoms with E-state index in [0.717, 1.165) is 12.1 Å². The molecule has 0 spiro atoms. The maximum Gasteiger partial charge on any atom is 1.00 e. The number of halogens is 1. The standard InChI is InChI=1S/C8H5ClN2O5.Na.H/c9-4-1-2-5(6(3-4)11(15)16)10-7(12)8(13)14;;/h1-3H,(H,10,12)(H,13,14);;/q;+1;-1. The summed E-state index contributed by atoms with van der Waals surface area (Å²) in [6.07, 6.45) is 0. The molecule has 0 aliphatic carbocycles. The fourth-order valence-electron chi connectivity index (χ4n) is 0.937. The number of nitrogens with zero attached hydrogens (tertiary/aromatic N) is 1. The van der Waals surface area contributed by atoms with Crippen LogP contribution in [-0.4, -0.2) is 21.9 Å². The largest absolute Gasteiger partial charge is 1.00 e. The predicted octanol–water partition coefficient (Wildman–Crippen LogP) is -1.61. The zero-order valence-corrected chi connectivity index (χ0v) is 11.4. The summed E-state index contributed by atoms with van der Waals surface area (Å²) in [6.45, 7) is 0. The number of nitro benzene ring substituents is 1. The average molecular weight is 269 g/mol. The number of carbonyl (C=O) groups is 2. The van der Waals surface area contributed by atoms with Gasteiger partial charge in [-0.2, -0.15) is 0 Å². The monoisotopic (exact) mass is 268 g/mol. The van der Waals surface area contributed by atoms with Gasteiger partial charge in [-0.05, 0) is 12.1 Å². The number of hydrogen-bond donors (Lipinski definition) is 2. The van der Waals surface area contributed by atoms with Crippen molar-refractivity contribution in [1.82, 2.24) is 0 Å². The third-order valence-electron chi connectivity index (χ3n) is 1.60. The van der Waals surface area contributed by atoms with Crippen LogP contribution >= 0.6 is 11.6 Å². The van der Waals surface area contributed by atoms with Gasteiger partial charge >= 0.3 is 41.4 Å². The molecule has 0 fully saturated rings. The van der Waals surface area contributed by atoms with Crippen molar-refractivity contribution in [3.63, 3.8) is 0 Å². The molecule has 1 amide bonds. The van der Waals surface area contributed by atoms with Crippen molar-refractivity contribution in [2.45, 2.75) is 0 Å². The molecule has 0 aliphatic heterocycles. The molecule has 9 heteroatoms. The van der Waals surface area contributed by atoms with Gasteiger partial charge in [0.15, 0.2) is 0 Å². The van der Waals surface area contributed by atoms with E-state index in [1.165, 1.54) is 6.07 Å². The van der Waals surface area contributed by atoms with Crippen molar-refractivity contribution >= 4 is 34.9 Å². The van der Waals surface area contributed by atoms with Gasteiger partial charge in [0.05, 0.1) is 4.92 Å². The van der Waals surface area contributed by atoms with Crippen LogP contribution in [0.5, 0.6) is 0 Å². The van der Waals surface area contributed by atoms with Crippen LogP contribution in [0.1, 0.15) is 1.43 Å². The summed E-state index contributed by atoms with van der Waals surface area (Å²) < 4.78 is 0. The van der Waals surface area contributed by atoms with Crippen LogP contribution in [-0.2, 0) is 9.59 Å². The first-order valence-corrected chi connectivity index (χ1v) is 4.28. The maximum absolute atomic E-state index is 10.8. The van der Waals surface area contributed by atoms with Gasteiger partial charge in [-0.25, -0.2) is 4.79 Å². The van der Waals surface area contributed by atoms with Gasteiger partial charge in [0.1, 0.15) is 5.69 Å². The van der Waals surface area contributed by atoms with E-state index in [0.29, 0.717) is 0 Å². The minimum atomic E-state index is -1.73. The van der Waals surface area contributed by atoms with Gasteiger partial charge in [0, 0.05) is 11.1 Å². The van der Waals surface area contributed by atoms with Crippen LogP contribution in [0, 0.1) is 10.1 Å². The minimum Gasteiger partial charge on any atom is -1.00 e. The van der Waals surface area contributed by atoms with E-state index in [1.807, 2.05) is 5.32 Å². The van der Waals surface area contributed by atoms with Crippen LogP contribution in [0.2, 0.25) is 5.02 Å². The summed E-state index contributed by atoms with van der Waals surface area (Å²) in [4.78, 5) is 30.8. The first kappa shape index (κ1) is 15.9. The summed E-state index contributed by atoms with van der Waals surface area (Å²) in [5.41, 5.74) is -0.691. The fourth-order valence-corrected chi connectivity index (χ4v) is 1.10. The molecule has 17 heavy (non-hydrogen) atoms. The number of amides is 1. The Kier molecular flexibility index (Phi) is 6.11. The Hall–Kier alpha value is -1.15. The first-order chi connectivity index (χ1) is 7.41. The Morgan fingerprint density at radius 2 is 2.06 bits per heavy atom. The molecule has 0 heterocycles. The van der Waals surface area contributed by atoms with E-state index in [9.17, 15) is 19.7 Å². The maximum atomic E-state index is 10.8. The second-order valence-corrected chi connectivity index (χ2v) is 3.11. The van der Waals surface area contributed by atoms with Crippen LogP contribution in [0.15, 0.2) is 18.2 Å². The number of carboxylic acids is 1. The van der Waals surface area contributed by atoms with Gasteiger partial charge in [0.2, 0.25) is 0 Å². The zero-order chi connectivity index (χ0) is 12.3. The Morgan fingerprint density at radius 1 is 1.47 bits per heavy atom. The van der Waals surface area contributed by atoms with Crippen LogP contribution in [0.3, 0.4) is 0 Å². The van der Waals surface area contributed by atoms with Crippen LogP contribution < -0.4 is 34.9 Å². The zero-order valence-electron chi connectivity index (χ0n) is 9.64. The van der Waals surface area contributed by atoms with E-state index in [4.69, 9.17) is 16.7 Å². The smallest absolute Gasteiger partial charge is 1.00 e. The molecule has 0 bridgehead atoms. The van der Waals surface area contributed by atoms with Crippen molar-refractivity contribution in [2.24, 2.45) is 0 Å². The number of benzene rings is 1. The second kappa shape index (κ2) is 6.55. The number of nitrogens with one attached hydrogen (secondary N) is 1. The molecule has 1 aromatic carbocycles. The fraction of sp³-hybridized carbons (Fsp3) is 0. The molecule has 7 nitrogen and oxygen atoms in total. The van der Waals surface area contributed by atoms with Crippen LogP contribution in [0.4, 0.5) is 11.4 Å². The molecule has 0 unspecified atom stereocenters. The number of anilines is 1. The van der Waals surface area contributed by atoms with Crippen molar-refractivity contribution in [3.05, 3.63) is 33.3 Å². The van der Waals surface area contributed by atoms with Gasteiger partial charge in [-0.1, -0.05) is 11.6 Å². The summed E-state index contributed by atoms with van der Waals surface area (Å²) in [6, 6.07) is 3.46. The van der Waals surface area contributed by atoms with E-state index in [2.05, 4.69) is 0 Å². The molecule has 0 aromatic heterocycles. The number of carbonyl (C=O) groups excluding carboxylic acids is 1. The van der Waals surface area contributed by atoms with Crippen molar-refractivity contribution in [3.8, 4) is 0 Å². The Morgan fingerprint density at radius 3 is 2.53 bits per heavy atom. The second-order valence-electron chi connectivity index (χ2n) is 2.68. The molecular weight excluding hydrogens is 263 g/mol. The Labute approximate surface area is 124 Å². The molecule has 0 atom stereocenters. The number of hydrogen-bond acceptors (Lipinski definition) is 4. The molecule has 1 aromatic rings. The predicted molar refractivity (Wildman–Crippen MR) is 55.5 cm³/mol. The number of carboxylic acid groups (broad SMARTS) is 1. The molecule has 0 aliphatic rings. The summed E-state index contributed by atoms with van der Waals surface area (Å²) in [5.74, 6) is -3.09. The summed E-state index contributed by atoms with van der Waals surface area (Å²) in [7, 11) is 0. The first-order valence-electron chi connectivity index (χ1n) is 3.90. The van der Waals surface area contributed by atoms with Crippen LogP contribution in [0.25, 0.3) is 0 Å². The molecular formula is C8H6ClN2NaO5. The number of aliphatic carboxylic acids is 1. The van der Waals surface area contributed by atoms with E-state index < -0.39 is 22.5 Å². The summed E-state index contributed by atoms with van der Waals surface area (Å²) >= 11 is 5.53. The van der Waals surface area contributed by atoms with Gasteiger partial charge in [0.25, 0.3) is 5.69 Å². The molecule has 0 radical (unpaired) electrons. The number of rotatable bonds is 2. The molecule has 0 saturated heterocycles. The van der Waals surface area contributed by atoms with Gasteiger partial charge in [-0.3, -0.25) is 14.9 Å².